The van der Waals surface area contributed by atoms with Crippen LogP contribution in [0.25, 0.3) is 17.0 Å². The van der Waals surface area contributed by atoms with E-state index in [9.17, 15) is 4.39 Å². The van der Waals surface area contributed by atoms with Gasteiger partial charge in [0.1, 0.15) is 11.5 Å². The maximum atomic E-state index is 13.9. The third-order valence-electron chi connectivity index (χ3n) is 4.13. The van der Waals surface area contributed by atoms with Gasteiger partial charge in [-0.2, -0.15) is 0 Å². The maximum absolute atomic E-state index is 13.9. The third-order valence-corrected chi connectivity index (χ3v) is 4.13. The Labute approximate surface area is 154 Å². The van der Waals surface area contributed by atoms with Crippen LogP contribution in [0, 0.1) is 11.7 Å². The number of anilines is 1. The van der Waals surface area contributed by atoms with Crippen LogP contribution in [0.5, 0.6) is 0 Å². The first kappa shape index (κ1) is 17.9. The molecule has 3 aromatic rings. The number of benzene rings is 2. The molecule has 0 fully saturated rings. The minimum atomic E-state index is -0.320. The van der Waals surface area contributed by atoms with Crippen molar-refractivity contribution in [1.82, 2.24) is 4.98 Å². The van der Waals surface area contributed by atoms with Crippen molar-refractivity contribution in [3.63, 3.8) is 0 Å². The first-order valence-electron chi connectivity index (χ1n) is 8.79. The van der Waals surface area contributed by atoms with Gasteiger partial charge in [-0.1, -0.05) is 56.8 Å². The normalized spacial score (nSPS) is 10.8. The molecule has 2 nitrogen and oxygen atoms in total. The average molecular weight is 346 g/mol. The molecular weight excluding hydrogens is 323 g/mol. The molecule has 0 spiro atoms. The Balaban J connectivity index is 1.74. The second-order valence-corrected chi connectivity index (χ2v) is 6.81. The summed E-state index contributed by atoms with van der Waals surface area (Å²) >= 11 is 0. The molecule has 26 heavy (non-hydrogen) atoms. The number of rotatable bonds is 6. The van der Waals surface area contributed by atoms with Gasteiger partial charge in [0.05, 0.1) is 0 Å². The van der Waals surface area contributed by atoms with Gasteiger partial charge in [0.15, 0.2) is 0 Å². The topological polar surface area (TPSA) is 24.9 Å². The molecule has 3 rings (SSSR count). The Morgan fingerprint density at radius 3 is 2.54 bits per heavy atom. The maximum Gasteiger partial charge on any atom is 0.149 e. The molecule has 0 saturated carbocycles. The van der Waals surface area contributed by atoms with Gasteiger partial charge in [-0.15, -0.1) is 0 Å². The summed E-state index contributed by atoms with van der Waals surface area (Å²) in [6, 6.07) is 19.0. The SMILES string of the molecule is C=C(Nc1cccc(CC(C)C)c1)c1ccc(-c2ncccc2F)cc1. The van der Waals surface area contributed by atoms with Crippen molar-refractivity contribution >= 4 is 11.4 Å². The molecule has 1 aromatic heterocycles. The van der Waals surface area contributed by atoms with E-state index in [1.807, 2.05) is 30.3 Å². The van der Waals surface area contributed by atoms with E-state index in [0.29, 0.717) is 11.6 Å². The van der Waals surface area contributed by atoms with E-state index >= 15 is 0 Å². The molecular formula is C23H23FN2. The number of halogens is 1. The van der Waals surface area contributed by atoms with E-state index in [1.165, 1.54) is 11.6 Å². The molecule has 2 aromatic carbocycles. The van der Waals surface area contributed by atoms with Crippen LogP contribution < -0.4 is 5.32 Å². The van der Waals surface area contributed by atoms with Gasteiger partial charge < -0.3 is 5.32 Å². The van der Waals surface area contributed by atoms with Gasteiger partial charge in [0, 0.05) is 23.1 Å². The molecule has 0 aliphatic heterocycles. The quantitative estimate of drug-likeness (QED) is 0.577. The van der Waals surface area contributed by atoms with E-state index < -0.39 is 0 Å². The van der Waals surface area contributed by atoms with Crippen molar-refractivity contribution in [3.05, 3.63) is 90.4 Å². The Hall–Kier alpha value is -2.94. The highest BCUT2D eigenvalue weighted by molar-refractivity contribution is 5.76. The number of aromatic nitrogens is 1. The van der Waals surface area contributed by atoms with Crippen LogP contribution in [0.4, 0.5) is 10.1 Å². The van der Waals surface area contributed by atoms with Crippen LogP contribution in [0.15, 0.2) is 73.4 Å². The van der Waals surface area contributed by atoms with E-state index in [1.54, 1.807) is 12.3 Å². The third kappa shape index (κ3) is 4.37. The molecule has 0 aliphatic rings. The van der Waals surface area contributed by atoms with Crippen LogP contribution in [0.3, 0.4) is 0 Å². The van der Waals surface area contributed by atoms with E-state index in [-0.39, 0.29) is 5.82 Å². The van der Waals surface area contributed by atoms with Crippen molar-refractivity contribution < 1.29 is 4.39 Å². The van der Waals surface area contributed by atoms with Gasteiger partial charge in [-0.25, -0.2) is 4.39 Å². The molecule has 1 heterocycles. The summed E-state index contributed by atoms with van der Waals surface area (Å²) in [5.74, 6) is 0.298. The Bertz CT molecular complexity index is 898. The van der Waals surface area contributed by atoms with Crippen molar-refractivity contribution in [2.24, 2.45) is 5.92 Å². The number of hydrogen-bond donors (Lipinski definition) is 1. The van der Waals surface area contributed by atoms with E-state index in [0.717, 1.165) is 28.9 Å². The lowest BCUT2D eigenvalue weighted by Crippen LogP contribution is -1.99. The highest BCUT2D eigenvalue weighted by Crippen LogP contribution is 2.24. The van der Waals surface area contributed by atoms with Gasteiger partial charge in [-0.05, 0) is 47.7 Å². The summed E-state index contributed by atoms with van der Waals surface area (Å²) in [7, 11) is 0. The van der Waals surface area contributed by atoms with E-state index in [2.05, 4.69) is 48.9 Å². The molecule has 1 N–H and O–H groups in total. The zero-order chi connectivity index (χ0) is 18.5. The first-order chi connectivity index (χ1) is 12.5. The molecule has 0 radical (unpaired) electrons. The fourth-order valence-electron chi connectivity index (χ4n) is 2.92. The number of nitrogens with zero attached hydrogens (tertiary/aromatic N) is 1. The molecule has 0 saturated heterocycles. The van der Waals surface area contributed by atoms with Crippen LogP contribution in [0.1, 0.15) is 25.0 Å². The monoisotopic (exact) mass is 346 g/mol. The van der Waals surface area contributed by atoms with Crippen molar-refractivity contribution in [2.75, 3.05) is 5.32 Å². The van der Waals surface area contributed by atoms with Crippen molar-refractivity contribution in [1.29, 1.82) is 0 Å². The summed E-state index contributed by atoms with van der Waals surface area (Å²) in [4.78, 5) is 4.11. The fraction of sp³-hybridized carbons (Fsp3) is 0.174. The lowest BCUT2D eigenvalue weighted by Gasteiger charge is -2.12. The van der Waals surface area contributed by atoms with Gasteiger partial charge in [0.2, 0.25) is 0 Å². The van der Waals surface area contributed by atoms with Gasteiger partial charge in [-0.3, -0.25) is 4.98 Å². The van der Waals surface area contributed by atoms with E-state index in [4.69, 9.17) is 0 Å². The second-order valence-electron chi connectivity index (χ2n) is 6.81. The van der Waals surface area contributed by atoms with Crippen LogP contribution in [-0.2, 0) is 6.42 Å². The minimum Gasteiger partial charge on any atom is -0.356 e. The number of pyridine rings is 1. The standard InChI is InChI=1S/C23H23FN2/c1-16(2)14-18-6-4-7-21(15-18)26-17(3)19-9-11-20(12-10-19)23-22(24)8-5-13-25-23/h4-13,15-16,26H,3,14H2,1-2H3. The predicted octanol–water partition coefficient (Wildman–Crippen LogP) is 6.17. The number of hydrogen-bond acceptors (Lipinski definition) is 2. The molecule has 0 bridgehead atoms. The van der Waals surface area contributed by atoms with Gasteiger partial charge in [0.25, 0.3) is 0 Å². The van der Waals surface area contributed by atoms with Crippen LogP contribution in [-0.4, -0.2) is 4.98 Å². The smallest absolute Gasteiger partial charge is 0.149 e. The predicted molar refractivity (Wildman–Crippen MR) is 107 cm³/mol. The van der Waals surface area contributed by atoms with Gasteiger partial charge >= 0.3 is 0 Å². The Morgan fingerprint density at radius 2 is 1.85 bits per heavy atom. The Kier molecular flexibility index (Phi) is 5.47. The van der Waals surface area contributed by atoms with Crippen molar-refractivity contribution in [3.8, 4) is 11.3 Å². The lowest BCUT2D eigenvalue weighted by atomic mass is 10.0. The summed E-state index contributed by atoms with van der Waals surface area (Å²) < 4.78 is 13.9. The van der Waals surface area contributed by atoms with Crippen molar-refractivity contribution in [2.45, 2.75) is 20.3 Å². The van der Waals surface area contributed by atoms with Crippen LogP contribution >= 0.6 is 0 Å². The summed E-state index contributed by atoms with van der Waals surface area (Å²) in [5.41, 5.74) is 5.20. The Morgan fingerprint density at radius 1 is 1.08 bits per heavy atom. The van der Waals surface area contributed by atoms with Crippen LogP contribution in [0.2, 0.25) is 0 Å². The molecule has 0 amide bonds. The highest BCUT2D eigenvalue weighted by atomic mass is 19.1. The number of nitrogens with one attached hydrogen (secondary N) is 1. The highest BCUT2D eigenvalue weighted by Gasteiger charge is 2.07. The lowest BCUT2D eigenvalue weighted by molar-refractivity contribution is 0.626. The fourth-order valence-corrected chi connectivity index (χ4v) is 2.92. The second kappa shape index (κ2) is 7.96. The summed E-state index contributed by atoms with van der Waals surface area (Å²) in [6.45, 7) is 8.56. The zero-order valence-electron chi connectivity index (χ0n) is 15.2. The summed E-state index contributed by atoms with van der Waals surface area (Å²) in [5, 5.41) is 3.36. The molecule has 0 atom stereocenters. The molecule has 3 heteroatoms. The molecule has 0 unspecified atom stereocenters. The zero-order valence-corrected chi connectivity index (χ0v) is 15.2. The molecule has 0 aliphatic carbocycles. The first-order valence-corrected chi connectivity index (χ1v) is 8.79. The molecule has 132 valence electrons. The largest absolute Gasteiger partial charge is 0.356 e. The summed E-state index contributed by atoms with van der Waals surface area (Å²) in [6.07, 6.45) is 2.64. The average Bonchev–Trinajstić information content (AvgIpc) is 2.62. The minimum absolute atomic E-state index is 0.320.